The Morgan fingerprint density at radius 1 is 1.22 bits per heavy atom. The molecule has 0 saturated carbocycles. The summed E-state index contributed by atoms with van der Waals surface area (Å²) in [5.41, 5.74) is 1.99. The lowest BCUT2D eigenvalue weighted by atomic mass is 10.1. The number of nitrogens with zero attached hydrogens (tertiary/aromatic N) is 2. The van der Waals surface area contributed by atoms with Crippen molar-refractivity contribution in [1.29, 1.82) is 0 Å². The van der Waals surface area contributed by atoms with Crippen LogP contribution in [0.4, 0.5) is 5.69 Å². The van der Waals surface area contributed by atoms with E-state index < -0.39 is 11.9 Å². The maximum atomic E-state index is 13.0. The molecule has 3 atom stereocenters. The van der Waals surface area contributed by atoms with Gasteiger partial charge in [0.25, 0.3) is 0 Å². The molecule has 2 heterocycles. The van der Waals surface area contributed by atoms with Gasteiger partial charge in [0.1, 0.15) is 0 Å². The van der Waals surface area contributed by atoms with Crippen LogP contribution in [0.3, 0.4) is 0 Å². The van der Waals surface area contributed by atoms with Crippen molar-refractivity contribution in [1.82, 2.24) is 4.90 Å². The Morgan fingerprint density at radius 3 is 2.52 bits per heavy atom. The summed E-state index contributed by atoms with van der Waals surface area (Å²) in [6.07, 6.45) is 1.33. The molecular formula is C20H26N2O5. The molecule has 2 saturated heterocycles. The lowest BCUT2D eigenvalue weighted by molar-refractivity contribution is -0.141. The number of likely N-dealkylation sites (tertiary alicyclic amines) is 1. The number of carbonyl (C=O) groups is 3. The molecule has 2 fully saturated rings. The summed E-state index contributed by atoms with van der Waals surface area (Å²) < 4.78 is 5.34. The van der Waals surface area contributed by atoms with Gasteiger partial charge in [0.05, 0.1) is 18.4 Å². The van der Waals surface area contributed by atoms with Crippen LogP contribution in [0.5, 0.6) is 0 Å². The molecule has 27 heavy (non-hydrogen) atoms. The molecule has 3 unspecified atom stereocenters. The summed E-state index contributed by atoms with van der Waals surface area (Å²) in [6, 6.07) is 7.42. The first-order chi connectivity index (χ1) is 12.9. The van der Waals surface area contributed by atoms with E-state index in [-0.39, 0.29) is 36.8 Å². The van der Waals surface area contributed by atoms with Crippen LogP contribution < -0.4 is 4.90 Å². The fourth-order valence-corrected chi connectivity index (χ4v) is 3.98. The smallest absolute Gasteiger partial charge is 0.305 e. The van der Waals surface area contributed by atoms with Gasteiger partial charge in [0.2, 0.25) is 11.8 Å². The Labute approximate surface area is 158 Å². The Hall–Kier alpha value is -2.41. The highest BCUT2D eigenvalue weighted by Crippen LogP contribution is 2.30. The average molecular weight is 374 g/mol. The maximum Gasteiger partial charge on any atom is 0.305 e. The minimum Gasteiger partial charge on any atom is -0.481 e. The lowest BCUT2D eigenvalue weighted by Crippen LogP contribution is -2.42. The van der Waals surface area contributed by atoms with E-state index in [9.17, 15) is 14.4 Å². The summed E-state index contributed by atoms with van der Waals surface area (Å²) in [5, 5.41) is 9.13. The highest BCUT2D eigenvalue weighted by Gasteiger charge is 2.43. The fourth-order valence-electron chi connectivity index (χ4n) is 3.98. The monoisotopic (exact) mass is 374 g/mol. The van der Waals surface area contributed by atoms with Crippen molar-refractivity contribution in [2.75, 3.05) is 25.1 Å². The SMILES string of the molecule is CCc1ccc(N2CC(C(=O)N3CC(OC)CC3CC(=O)O)CC2=O)cc1. The first kappa shape index (κ1) is 19.4. The molecule has 0 aliphatic carbocycles. The largest absolute Gasteiger partial charge is 0.481 e. The van der Waals surface area contributed by atoms with Crippen molar-refractivity contribution in [3.05, 3.63) is 29.8 Å². The maximum absolute atomic E-state index is 13.0. The number of methoxy groups -OCH3 is 1. The normalized spacial score (nSPS) is 25.3. The number of carboxylic acids is 1. The second-order valence-electron chi connectivity index (χ2n) is 7.26. The molecule has 1 aromatic carbocycles. The van der Waals surface area contributed by atoms with Crippen LogP contribution in [-0.2, 0) is 25.5 Å². The fraction of sp³-hybridized carbons (Fsp3) is 0.550. The summed E-state index contributed by atoms with van der Waals surface area (Å²) in [5.74, 6) is -1.61. The zero-order chi connectivity index (χ0) is 19.6. The van der Waals surface area contributed by atoms with E-state index in [4.69, 9.17) is 9.84 Å². The molecule has 1 aromatic rings. The number of hydrogen-bond donors (Lipinski definition) is 1. The van der Waals surface area contributed by atoms with E-state index in [1.807, 2.05) is 24.3 Å². The standard InChI is InChI=1S/C20H26N2O5/c1-3-13-4-6-15(7-5-13)21-11-14(8-18(21)23)20(26)22-12-17(27-2)9-16(22)10-19(24)25/h4-7,14,16-17H,3,8-12H2,1-2H3,(H,24,25). The molecular weight excluding hydrogens is 348 g/mol. The number of anilines is 1. The number of rotatable bonds is 6. The third kappa shape index (κ3) is 4.13. The molecule has 0 aromatic heterocycles. The van der Waals surface area contributed by atoms with Crippen LogP contribution in [0.25, 0.3) is 0 Å². The molecule has 2 amide bonds. The first-order valence-corrected chi connectivity index (χ1v) is 9.37. The highest BCUT2D eigenvalue weighted by atomic mass is 16.5. The molecule has 2 aliphatic rings. The quantitative estimate of drug-likeness (QED) is 0.819. The minimum absolute atomic E-state index is 0.0742. The van der Waals surface area contributed by atoms with E-state index >= 15 is 0 Å². The van der Waals surface area contributed by atoms with Crippen LogP contribution in [0.1, 0.15) is 31.7 Å². The lowest BCUT2D eigenvalue weighted by Gasteiger charge is -2.26. The van der Waals surface area contributed by atoms with Gasteiger partial charge in [-0.3, -0.25) is 14.4 Å². The predicted octanol–water partition coefficient (Wildman–Crippen LogP) is 1.69. The number of carboxylic acid groups (broad SMARTS) is 1. The Morgan fingerprint density at radius 2 is 1.93 bits per heavy atom. The molecule has 1 N–H and O–H groups in total. The van der Waals surface area contributed by atoms with Gasteiger partial charge < -0.3 is 19.6 Å². The number of benzene rings is 1. The molecule has 146 valence electrons. The van der Waals surface area contributed by atoms with Gasteiger partial charge in [-0.25, -0.2) is 0 Å². The van der Waals surface area contributed by atoms with Gasteiger partial charge in [-0.15, -0.1) is 0 Å². The van der Waals surface area contributed by atoms with Crippen LogP contribution in [0, 0.1) is 5.92 Å². The highest BCUT2D eigenvalue weighted by molar-refractivity contribution is 6.00. The third-order valence-electron chi connectivity index (χ3n) is 5.53. The van der Waals surface area contributed by atoms with Gasteiger partial charge in [-0.2, -0.15) is 0 Å². The third-order valence-corrected chi connectivity index (χ3v) is 5.53. The zero-order valence-electron chi connectivity index (χ0n) is 15.8. The van der Waals surface area contributed by atoms with E-state index in [0.29, 0.717) is 19.5 Å². The van der Waals surface area contributed by atoms with E-state index in [0.717, 1.165) is 12.1 Å². The summed E-state index contributed by atoms with van der Waals surface area (Å²) >= 11 is 0. The minimum atomic E-state index is -0.935. The van der Waals surface area contributed by atoms with Crippen molar-refractivity contribution in [2.45, 2.75) is 44.8 Å². The molecule has 7 heteroatoms. The number of aliphatic carboxylic acids is 1. The Kier molecular flexibility index (Phi) is 5.79. The second kappa shape index (κ2) is 8.08. The molecule has 2 aliphatic heterocycles. The van der Waals surface area contributed by atoms with Gasteiger partial charge in [0, 0.05) is 38.3 Å². The zero-order valence-corrected chi connectivity index (χ0v) is 15.8. The summed E-state index contributed by atoms with van der Waals surface area (Å²) in [6.45, 7) is 2.78. The summed E-state index contributed by atoms with van der Waals surface area (Å²) in [4.78, 5) is 39.9. The van der Waals surface area contributed by atoms with Gasteiger partial charge in [-0.05, 0) is 30.5 Å². The molecule has 0 spiro atoms. The van der Waals surface area contributed by atoms with E-state index in [2.05, 4.69) is 6.92 Å². The average Bonchev–Trinajstić information content (AvgIpc) is 3.24. The number of carbonyl (C=O) groups excluding carboxylic acids is 2. The summed E-state index contributed by atoms with van der Waals surface area (Å²) in [7, 11) is 1.57. The number of hydrogen-bond acceptors (Lipinski definition) is 4. The van der Waals surface area contributed by atoms with Crippen LogP contribution in [0.2, 0.25) is 0 Å². The van der Waals surface area contributed by atoms with E-state index in [1.165, 1.54) is 5.56 Å². The second-order valence-corrected chi connectivity index (χ2v) is 7.26. The molecule has 7 nitrogen and oxygen atoms in total. The van der Waals surface area contributed by atoms with Gasteiger partial charge >= 0.3 is 5.97 Å². The Balaban J connectivity index is 1.71. The Bertz CT molecular complexity index is 718. The van der Waals surface area contributed by atoms with Crippen molar-refractivity contribution in [3.63, 3.8) is 0 Å². The van der Waals surface area contributed by atoms with Crippen molar-refractivity contribution in [2.24, 2.45) is 5.92 Å². The van der Waals surface area contributed by atoms with Crippen molar-refractivity contribution in [3.8, 4) is 0 Å². The predicted molar refractivity (Wildman–Crippen MR) is 99.4 cm³/mol. The van der Waals surface area contributed by atoms with Crippen LogP contribution in [0.15, 0.2) is 24.3 Å². The first-order valence-electron chi connectivity index (χ1n) is 9.37. The number of ether oxygens (including phenoxy) is 1. The molecule has 0 bridgehead atoms. The van der Waals surface area contributed by atoms with Crippen LogP contribution >= 0.6 is 0 Å². The van der Waals surface area contributed by atoms with Gasteiger partial charge in [-0.1, -0.05) is 19.1 Å². The number of amides is 2. The number of aryl methyl sites for hydroxylation is 1. The molecule has 3 rings (SSSR count). The van der Waals surface area contributed by atoms with E-state index in [1.54, 1.807) is 16.9 Å². The van der Waals surface area contributed by atoms with Gasteiger partial charge in [0.15, 0.2) is 0 Å². The van der Waals surface area contributed by atoms with Crippen molar-refractivity contribution >= 4 is 23.5 Å². The van der Waals surface area contributed by atoms with Crippen molar-refractivity contribution < 1.29 is 24.2 Å². The topological polar surface area (TPSA) is 87.2 Å². The van der Waals surface area contributed by atoms with Crippen LogP contribution in [-0.4, -0.2) is 60.1 Å². The molecule has 0 radical (unpaired) electrons.